The number of fused-ring (bicyclic) bond motifs is 2. The summed E-state index contributed by atoms with van der Waals surface area (Å²) in [6, 6.07) is 4.70. The predicted octanol–water partition coefficient (Wildman–Crippen LogP) is 2.90. The van der Waals surface area contributed by atoms with E-state index in [1.165, 1.54) is 53.4 Å². The van der Waals surface area contributed by atoms with E-state index in [9.17, 15) is 13.2 Å². The van der Waals surface area contributed by atoms with Gasteiger partial charge in [-0.15, -0.1) is 5.10 Å². The van der Waals surface area contributed by atoms with E-state index in [-0.39, 0.29) is 21.3 Å². The normalized spacial score (nSPS) is 21.7. The van der Waals surface area contributed by atoms with Gasteiger partial charge in [0.25, 0.3) is 15.9 Å². The van der Waals surface area contributed by atoms with Crippen LogP contribution >= 0.6 is 11.6 Å². The van der Waals surface area contributed by atoms with Crippen LogP contribution in [0.2, 0.25) is 5.15 Å². The number of hydrogen-bond donors (Lipinski definition) is 1. The van der Waals surface area contributed by atoms with E-state index >= 15 is 0 Å². The third kappa shape index (κ3) is 4.41. The van der Waals surface area contributed by atoms with E-state index in [2.05, 4.69) is 15.2 Å². The van der Waals surface area contributed by atoms with Crippen LogP contribution in [0.1, 0.15) is 41.7 Å². The van der Waals surface area contributed by atoms with Crippen molar-refractivity contribution in [3.63, 3.8) is 0 Å². The molecule has 3 aromatic rings. The molecule has 180 valence electrons. The molecule has 3 aromatic heterocycles. The van der Waals surface area contributed by atoms with Crippen LogP contribution in [0.5, 0.6) is 5.88 Å². The third-order valence-corrected chi connectivity index (χ3v) is 8.41. The molecule has 5 rings (SSSR count). The molecular weight excluding hydrogens is 480 g/mol. The number of aryl methyl sites for hydroxylation is 2. The van der Waals surface area contributed by atoms with Crippen LogP contribution in [0.4, 0.5) is 0 Å². The second-order valence-electron chi connectivity index (χ2n) is 9.04. The maximum absolute atomic E-state index is 12.6. The smallest absolute Gasteiger partial charge is 0.268 e. The van der Waals surface area contributed by atoms with Gasteiger partial charge in [0.05, 0.1) is 17.9 Å². The summed E-state index contributed by atoms with van der Waals surface area (Å²) in [6.45, 7) is 2.21. The summed E-state index contributed by atoms with van der Waals surface area (Å²) in [4.78, 5) is 16.7. The molecule has 12 heteroatoms. The van der Waals surface area contributed by atoms with Gasteiger partial charge in [-0.1, -0.05) is 18.0 Å². The second-order valence-corrected chi connectivity index (χ2v) is 11.0. The number of aromatic nitrogens is 5. The first-order chi connectivity index (χ1) is 16.2. The highest BCUT2D eigenvalue weighted by atomic mass is 35.5. The van der Waals surface area contributed by atoms with Gasteiger partial charge in [-0.3, -0.25) is 9.48 Å². The lowest BCUT2D eigenvalue weighted by Gasteiger charge is -2.20. The standard InChI is InChI=1S/C22H25ClN6O4S/c1-13-18(11-28(2)25-13)34(31,32)27-22(30)17-5-6-19(24-21(17)23)29-8-7-20(26-29)33-12-16-10-14-3-4-15(16)9-14/h5-8,11,14-16H,3-4,9-10,12H2,1-2H3,(H,27,30). The molecule has 2 aliphatic rings. The molecular formula is C22H25ClN6O4S. The Balaban J connectivity index is 1.25. The number of carbonyl (C=O) groups is 1. The fraction of sp³-hybridized carbons (Fsp3) is 0.455. The number of amides is 1. The number of carbonyl (C=O) groups excluding carboxylic acids is 1. The largest absolute Gasteiger partial charge is 0.476 e. The van der Waals surface area contributed by atoms with Crippen LogP contribution in [0, 0.1) is 24.7 Å². The molecule has 34 heavy (non-hydrogen) atoms. The third-order valence-electron chi connectivity index (χ3n) is 6.69. The van der Waals surface area contributed by atoms with Gasteiger partial charge >= 0.3 is 0 Å². The highest BCUT2D eigenvalue weighted by Gasteiger charge is 2.39. The Morgan fingerprint density at radius 2 is 2.06 bits per heavy atom. The number of hydrogen-bond acceptors (Lipinski definition) is 7. The lowest BCUT2D eigenvalue weighted by Crippen LogP contribution is -2.31. The molecule has 0 radical (unpaired) electrons. The zero-order valence-electron chi connectivity index (χ0n) is 18.8. The quantitative estimate of drug-likeness (QED) is 0.491. The summed E-state index contributed by atoms with van der Waals surface area (Å²) in [5.41, 5.74) is 0.204. The number of nitrogens with zero attached hydrogens (tertiary/aromatic N) is 5. The highest BCUT2D eigenvalue weighted by Crippen LogP contribution is 2.48. The molecule has 3 atom stereocenters. The summed E-state index contributed by atoms with van der Waals surface area (Å²) in [7, 11) is -2.52. The van der Waals surface area contributed by atoms with Gasteiger partial charge in [-0.25, -0.2) is 22.8 Å². The van der Waals surface area contributed by atoms with E-state index < -0.39 is 15.9 Å². The summed E-state index contributed by atoms with van der Waals surface area (Å²) in [6.07, 6.45) is 8.24. The lowest BCUT2D eigenvalue weighted by atomic mass is 9.90. The Bertz CT molecular complexity index is 1350. The van der Waals surface area contributed by atoms with Gasteiger partial charge < -0.3 is 4.74 Å². The first-order valence-electron chi connectivity index (χ1n) is 11.1. The van der Waals surface area contributed by atoms with Crippen LogP contribution in [-0.2, 0) is 17.1 Å². The first kappa shape index (κ1) is 22.9. The van der Waals surface area contributed by atoms with Crippen molar-refractivity contribution in [3.05, 3.63) is 47.0 Å². The molecule has 0 aromatic carbocycles. The fourth-order valence-electron chi connectivity index (χ4n) is 5.08. The van der Waals surface area contributed by atoms with Gasteiger partial charge in [0.2, 0.25) is 5.88 Å². The van der Waals surface area contributed by atoms with Gasteiger partial charge in [0.1, 0.15) is 10.0 Å². The molecule has 1 N–H and O–H groups in total. The van der Waals surface area contributed by atoms with Crippen LogP contribution in [0.3, 0.4) is 0 Å². The average Bonchev–Trinajstić information content (AvgIpc) is 3.56. The van der Waals surface area contributed by atoms with Gasteiger partial charge in [0.15, 0.2) is 5.82 Å². The molecule has 1 amide bonds. The minimum Gasteiger partial charge on any atom is -0.476 e. The van der Waals surface area contributed by atoms with Crippen LogP contribution in [0.15, 0.2) is 35.5 Å². The van der Waals surface area contributed by atoms with E-state index in [4.69, 9.17) is 16.3 Å². The predicted molar refractivity (Wildman–Crippen MR) is 123 cm³/mol. The summed E-state index contributed by atoms with van der Waals surface area (Å²) >= 11 is 6.22. The van der Waals surface area contributed by atoms with Gasteiger partial charge in [0, 0.05) is 25.5 Å². The Labute approximate surface area is 202 Å². The number of nitrogens with one attached hydrogen (secondary N) is 1. The van der Waals surface area contributed by atoms with Crippen LogP contribution < -0.4 is 9.46 Å². The minimum atomic E-state index is -4.11. The summed E-state index contributed by atoms with van der Waals surface area (Å²) in [5.74, 6) is 2.23. The molecule has 10 nitrogen and oxygen atoms in total. The van der Waals surface area contributed by atoms with Crippen LogP contribution in [-0.4, -0.2) is 45.5 Å². The summed E-state index contributed by atoms with van der Waals surface area (Å²) < 4.78 is 35.9. The van der Waals surface area contributed by atoms with Crippen molar-refractivity contribution >= 4 is 27.5 Å². The first-order valence-corrected chi connectivity index (χ1v) is 13.0. The second kappa shape index (κ2) is 8.70. The van der Waals surface area contributed by atoms with E-state index in [1.54, 1.807) is 26.2 Å². The molecule has 2 bridgehead atoms. The van der Waals surface area contributed by atoms with Crippen LogP contribution in [0.25, 0.3) is 5.82 Å². The van der Waals surface area contributed by atoms with Crippen molar-refractivity contribution in [1.82, 2.24) is 29.3 Å². The Hall–Kier alpha value is -2.92. The van der Waals surface area contributed by atoms with Gasteiger partial charge in [-0.2, -0.15) is 5.10 Å². The molecule has 2 saturated carbocycles. The Morgan fingerprint density at radius 3 is 2.71 bits per heavy atom. The highest BCUT2D eigenvalue weighted by molar-refractivity contribution is 7.90. The molecule has 3 heterocycles. The monoisotopic (exact) mass is 504 g/mol. The van der Waals surface area contributed by atoms with E-state index in [0.29, 0.717) is 24.2 Å². The topological polar surface area (TPSA) is 121 Å². The SMILES string of the molecule is Cc1nn(C)cc1S(=O)(=O)NC(=O)c1ccc(-n2ccc(OCC3CC4CCC3C4)n2)nc1Cl. The number of sulfonamides is 1. The minimum absolute atomic E-state index is 0.0737. The van der Waals surface area contributed by atoms with Crippen molar-refractivity contribution in [2.45, 2.75) is 37.5 Å². The number of halogens is 1. The van der Waals surface area contributed by atoms with Crippen molar-refractivity contribution in [3.8, 4) is 11.7 Å². The average molecular weight is 505 g/mol. The molecule has 2 aliphatic carbocycles. The lowest BCUT2D eigenvalue weighted by molar-refractivity contribution is 0.0981. The van der Waals surface area contributed by atoms with Crippen molar-refractivity contribution in [1.29, 1.82) is 0 Å². The van der Waals surface area contributed by atoms with E-state index in [0.717, 1.165) is 11.8 Å². The van der Waals surface area contributed by atoms with Gasteiger partial charge in [-0.05, 0) is 56.1 Å². The number of ether oxygens (including phenoxy) is 1. The molecule has 0 spiro atoms. The van der Waals surface area contributed by atoms with Crippen molar-refractivity contribution in [2.24, 2.45) is 24.8 Å². The van der Waals surface area contributed by atoms with E-state index in [1.807, 2.05) is 4.72 Å². The molecule has 0 aliphatic heterocycles. The molecule has 3 unspecified atom stereocenters. The number of pyridine rings is 1. The fourth-order valence-corrected chi connectivity index (χ4v) is 6.50. The zero-order chi connectivity index (χ0) is 24.0. The zero-order valence-corrected chi connectivity index (χ0v) is 20.4. The van der Waals surface area contributed by atoms with Crippen molar-refractivity contribution in [2.75, 3.05) is 6.61 Å². The molecule has 2 fully saturated rings. The maximum Gasteiger partial charge on any atom is 0.268 e. The Kier molecular flexibility index (Phi) is 5.85. The number of rotatable bonds is 7. The molecule has 0 saturated heterocycles. The van der Waals surface area contributed by atoms with Crippen molar-refractivity contribution < 1.29 is 17.9 Å². The summed E-state index contributed by atoms with van der Waals surface area (Å²) in [5, 5.41) is 8.25. The Morgan fingerprint density at radius 1 is 1.24 bits per heavy atom. The maximum atomic E-state index is 12.6.